The van der Waals surface area contributed by atoms with Crippen molar-refractivity contribution in [3.8, 4) is 0 Å². The summed E-state index contributed by atoms with van der Waals surface area (Å²) < 4.78 is 0. The van der Waals surface area contributed by atoms with Crippen LogP contribution in [0.3, 0.4) is 0 Å². The molecule has 0 bridgehead atoms. The highest BCUT2D eigenvalue weighted by molar-refractivity contribution is 7.12. The Balaban J connectivity index is 1.56. The largest absolute Gasteiger partial charge is 0.380 e. The molecule has 0 aliphatic rings. The number of hydrogen-bond acceptors (Lipinski definition) is 4. The van der Waals surface area contributed by atoms with E-state index in [9.17, 15) is 4.79 Å². The van der Waals surface area contributed by atoms with Crippen LogP contribution < -0.4 is 10.6 Å². The number of nitrogens with zero attached hydrogens (tertiary/aromatic N) is 1. The van der Waals surface area contributed by atoms with Gasteiger partial charge in [0.2, 0.25) is 0 Å². The Morgan fingerprint density at radius 3 is 2.61 bits per heavy atom. The van der Waals surface area contributed by atoms with E-state index in [1.807, 2.05) is 17.5 Å². The zero-order valence-electron chi connectivity index (χ0n) is 12.7. The van der Waals surface area contributed by atoms with Crippen LogP contribution in [0.1, 0.15) is 20.8 Å². The van der Waals surface area contributed by atoms with Gasteiger partial charge in [-0.25, -0.2) is 4.98 Å². The molecular weight excluding hydrogens is 306 g/mol. The molecule has 23 heavy (non-hydrogen) atoms. The van der Waals surface area contributed by atoms with Crippen LogP contribution in [0.15, 0.2) is 60.1 Å². The first-order chi connectivity index (χ1) is 11.2. The maximum atomic E-state index is 11.9. The van der Waals surface area contributed by atoms with E-state index in [1.54, 1.807) is 18.3 Å². The van der Waals surface area contributed by atoms with Crippen molar-refractivity contribution in [2.24, 2.45) is 0 Å². The van der Waals surface area contributed by atoms with Crippen molar-refractivity contribution in [3.05, 3.63) is 76.1 Å². The molecule has 3 rings (SSSR count). The van der Waals surface area contributed by atoms with E-state index in [4.69, 9.17) is 0 Å². The van der Waals surface area contributed by atoms with Gasteiger partial charge in [-0.05, 0) is 36.1 Å². The van der Waals surface area contributed by atoms with E-state index >= 15 is 0 Å². The standard InChI is InChI=1S/C18H17N3OS/c1-13-4-6-14(7-5-13)11-19-15-8-9-17(20-12-15)21-18(22)16-3-2-10-23-16/h2-10,12,19H,11H2,1H3,(H,20,21,22). The smallest absolute Gasteiger partial charge is 0.266 e. The molecule has 1 aromatic carbocycles. The summed E-state index contributed by atoms with van der Waals surface area (Å²) in [5.74, 6) is 0.414. The molecule has 2 aromatic heterocycles. The van der Waals surface area contributed by atoms with E-state index in [-0.39, 0.29) is 5.91 Å². The summed E-state index contributed by atoms with van der Waals surface area (Å²) in [5, 5.41) is 7.97. The fraction of sp³-hybridized carbons (Fsp3) is 0.111. The summed E-state index contributed by atoms with van der Waals surface area (Å²) in [6, 6.07) is 15.7. The molecule has 0 aliphatic heterocycles. The highest BCUT2D eigenvalue weighted by Crippen LogP contribution is 2.14. The molecule has 4 nitrogen and oxygen atoms in total. The maximum absolute atomic E-state index is 11.9. The van der Waals surface area contributed by atoms with Gasteiger partial charge in [-0.3, -0.25) is 4.79 Å². The molecule has 3 aromatic rings. The predicted molar refractivity (Wildman–Crippen MR) is 95.0 cm³/mol. The molecule has 0 fully saturated rings. The fourth-order valence-corrected chi connectivity index (χ4v) is 2.69. The third-order valence-corrected chi connectivity index (χ3v) is 4.24. The Kier molecular flexibility index (Phi) is 4.68. The maximum Gasteiger partial charge on any atom is 0.266 e. The van der Waals surface area contributed by atoms with Crippen LogP contribution in [-0.4, -0.2) is 10.9 Å². The molecule has 116 valence electrons. The third kappa shape index (κ3) is 4.17. The topological polar surface area (TPSA) is 54.0 Å². The molecular formula is C18H17N3OS. The first kappa shape index (κ1) is 15.2. The van der Waals surface area contributed by atoms with Crippen molar-refractivity contribution < 1.29 is 4.79 Å². The number of aryl methyl sites for hydroxylation is 1. The number of thiophene rings is 1. The van der Waals surface area contributed by atoms with Crippen molar-refractivity contribution in [2.75, 3.05) is 10.6 Å². The Morgan fingerprint density at radius 1 is 1.13 bits per heavy atom. The number of anilines is 2. The second-order valence-electron chi connectivity index (χ2n) is 5.20. The molecule has 0 saturated heterocycles. The van der Waals surface area contributed by atoms with Crippen molar-refractivity contribution >= 4 is 28.7 Å². The Hall–Kier alpha value is -2.66. The molecule has 2 N–H and O–H groups in total. The normalized spacial score (nSPS) is 10.3. The predicted octanol–water partition coefficient (Wildman–Crippen LogP) is 4.32. The summed E-state index contributed by atoms with van der Waals surface area (Å²) in [6.07, 6.45) is 1.72. The van der Waals surface area contributed by atoms with Gasteiger partial charge in [0, 0.05) is 6.54 Å². The van der Waals surface area contributed by atoms with Gasteiger partial charge in [0.1, 0.15) is 5.82 Å². The number of aromatic nitrogens is 1. The zero-order valence-corrected chi connectivity index (χ0v) is 13.6. The van der Waals surface area contributed by atoms with E-state index < -0.39 is 0 Å². The highest BCUT2D eigenvalue weighted by Gasteiger charge is 2.07. The van der Waals surface area contributed by atoms with Gasteiger partial charge in [-0.2, -0.15) is 0 Å². The van der Waals surface area contributed by atoms with Crippen LogP contribution in [-0.2, 0) is 6.54 Å². The molecule has 0 unspecified atom stereocenters. The number of nitrogens with one attached hydrogen (secondary N) is 2. The van der Waals surface area contributed by atoms with E-state index in [2.05, 4.69) is 46.8 Å². The molecule has 0 radical (unpaired) electrons. The zero-order chi connectivity index (χ0) is 16.1. The first-order valence-corrected chi connectivity index (χ1v) is 8.19. The highest BCUT2D eigenvalue weighted by atomic mass is 32.1. The fourth-order valence-electron chi connectivity index (χ4n) is 2.07. The quantitative estimate of drug-likeness (QED) is 0.735. The molecule has 0 aliphatic carbocycles. The molecule has 5 heteroatoms. The first-order valence-electron chi connectivity index (χ1n) is 7.31. The number of carbonyl (C=O) groups excluding carboxylic acids is 1. The molecule has 0 saturated carbocycles. The molecule has 2 heterocycles. The van der Waals surface area contributed by atoms with Crippen LogP contribution in [0.2, 0.25) is 0 Å². The van der Waals surface area contributed by atoms with Gasteiger partial charge in [-0.1, -0.05) is 35.9 Å². The van der Waals surface area contributed by atoms with E-state index in [1.165, 1.54) is 22.5 Å². The summed E-state index contributed by atoms with van der Waals surface area (Å²) in [7, 11) is 0. The number of pyridine rings is 1. The van der Waals surface area contributed by atoms with Crippen LogP contribution >= 0.6 is 11.3 Å². The van der Waals surface area contributed by atoms with Gasteiger partial charge >= 0.3 is 0 Å². The van der Waals surface area contributed by atoms with Crippen molar-refractivity contribution in [1.29, 1.82) is 0 Å². The van der Waals surface area contributed by atoms with Gasteiger partial charge in [0.05, 0.1) is 16.8 Å². The van der Waals surface area contributed by atoms with Crippen molar-refractivity contribution in [2.45, 2.75) is 13.5 Å². The van der Waals surface area contributed by atoms with Crippen molar-refractivity contribution in [1.82, 2.24) is 4.98 Å². The lowest BCUT2D eigenvalue weighted by Gasteiger charge is -2.08. The van der Waals surface area contributed by atoms with Gasteiger partial charge in [0.25, 0.3) is 5.91 Å². The van der Waals surface area contributed by atoms with Gasteiger partial charge in [0.15, 0.2) is 0 Å². The minimum Gasteiger partial charge on any atom is -0.380 e. The number of hydrogen-bond donors (Lipinski definition) is 2. The second kappa shape index (κ2) is 7.07. The van der Waals surface area contributed by atoms with Gasteiger partial charge < -0.3 is 10.6 Å². The number of carbonyl (C=O) groups is 1. The monoisotopic (exact) mass is 323 g/mol. The summed E-state index contributed by atoms with van der Waals surface area (Å²) >= 11 is 1.41. The average molecular weight is 323 g/mol. The SMILES string of the molecule is Cc1ccc(CNc2ccc(NC(=O)c3cccs3)nc2)cc1. The summed E-state index contributed by atoms with van der Waals surface area (Å²) in [4.78, 5) is 16.9. The van der Waals surface area contributed by atoms with Crippen LogP contribution in [0.5, 0.6) is 0 Å². The number of amides is 1. The summed E-state index contributed by atoms with van der Waals surface area (Å²) in [6.45, 7) is 2.81. The van der Waals surface area contributed by atoms with Crippen LogP contribution in [0.25, 0.3) is 0 Å². The third-order valence-electron chi connectivity index (χ3n) is 3.37. The molecule has 1 amide bonds. The minimum absolute atomic E-state index is 0.132. The van der Waals surface area contributed by atoms with Gasteiger partial charge in [-0.15, -0.1) is 11.3 Å². The minimum atomic E-state index is -0.132. The lowest BCUT2D eigenvalue weighted by atomic mass is 10.1. The Bertz CT molecular complexity index is 765. The Morgan fingerprint density at radius 2 is 1.96 bits per heavy atom. The van der Waals surface area contributed by atoms with E-state index in [0.29, 0.717) is 10.7 Å². The number of benzene rings is 1. The lowest BCUT2D eigenvalue weighted by molar-refractivity contribution is 0.103. The lowest BCUT2D eigenvalue weighted by Crippen LogP contribution is -2.11. The number of rotatable bonds is 5. The van der Waals surface area contributed by atoms with Crippen molar-refractivity contribution in [3.63, 3.8) is 0 Å². The summed E-state index contributed by atoms with van der Waals surface area (Å²) in [5.41, 5.74) is 3.38. The average Bonchev–Trinajstić information content (AvgIpc) is 3.10. The molecule has 0 spiro atoms. The van der Waals surface area contributed by atoms with Crippen LogP contribution in [0, 0.1) is 6.92 Å². The van der Waals surface area contributed by atoms with E-state index in [0.717, 1.165) is 12.2 Å². The van der Waals surface area contributed by atoms with Crippen LogP contribution in [0.4, 0.5) is 11.5 Å². The second-order valence-corrected chi connectivity index (χ2v) is 6.15. The Labute approximate surface area is 139 Å². The molecule has 0 atom stereocenters.